The van der Waals surface area contributed by atoms with E-state index >= 15 is 0 Å². The van der Waals surface area contributed by atoms with Gasteiger partial charge < -0.3 is 19.6 Å². The van der Waals surface area contributed by atoms with Crippen LogP contribution in [0.2, 0.25) is 0 Å². The summed E-state index contributed by atoms with van der Waals surface area (Å²) in [4.78, 5) is 11.7. The van der Waals surface area contributed by atoms with E-state index in [4.69, 9.17) is 9.73 Å². The van der Waals surface area contributed by atoms with Crippen LogP contribution in [-0.4, -0.2) is 78.2 Å². The highest BCUT2D eigenvalue weighted by Gasteiger charge is 2.33. The fourth-order valence-electron chi connectivity index (χ4n) is 3.96. The lowest BCUT2D eigenvalue weighted by Crippen LogP contribution is -2.56. The molecule has 1 unspecified atom stereocenters. The average molecular weight is 344 g/mol. The summed E-state index contributed by atoms with van der Waals surface area (Å²) in [5, 5.41) is 10.8. The number of hydrogen-bond donors (Lipinski definition) is 1. The number of piperazine rings is 1. The van der Waals surface area contributed by atoms with Gasteiger partial charge in [0.15, 0.2) is 12.2 Å². The monoisotopic (exact) mass is 344 g/mol. The molecule has 0 radical (unpaired) electrons. The molecule has 0 bridgehead atoms. The van der Waals surface area contributed by atoms with Crippen molar-refractivity contribution in [3.63, 3.8) is 0 Å². The number of benzene rings is 1. The molecule has 1 aromatic rings. The van der Waals surface area contributed by atoms with Gasteiger partial charge in [-0.3, -0.25) is 9.89 Å². The third-order valence-electron chi connectivity index (χ3n) is 5.75. The summed E-state index contributed by atoms with van der Waals surface area (Å²) >= 11 is 0. The Labute approximate surface area is 149 Å². The van der Waals surface area contributed by atoms with E-state index in [1.807, 2.05) is 29.2 Å². The standard InChI is InChI=1S/C19H28N4O2/c1-25-17-7-5-15(6-8-17)18(24)23-10-9-20-19(23)22-13-11-21(12-14-22)16-3-2-4-16/h5-8,16,18,24H,2-4,9-14H2,1H3. The SMILES string of the molecule is COc1ccc(C(O)N2CCN=C2N2CCN(C3CCC3)CC2)cc1. The zero-order valence-electron chi connectivity index (χ0n) is 15.0. The van der Waals surface area contributed by atoms with Crippen molar-refractivity contribution in [3.8, 4) is 5.75 Å². The van der Waals surface area contributed by atoms with Crippen LogP contribution >= 0.6 is 0 Å². The molecule has 1 N–H and O–H groups in total. The molecule has 1 saturated carbocycles. The Morgan fingerprint density at radius 1 is 1.08 bits per heavy atom. The van der Waals surface area contributed by atoms with Gasteiger partial charge in [-0.05, 0) is 25.0 Å². The van der Waals surface area contributed by atoms with Gasteiger partial charge in [-0.15, -0.1) is 0 Å². The van der Waals surface area contributed by atoms with E-state index < -0.39 is 6.23 Å². The van der Waals surface area contributed by atoms with Gasteiger partial charge in [0, 0.05) is 44.3 Å². The second kappa shape index (κ2) is 7.22. The summed E-state index contributed by atoms with van der Waals surface area (Å²) in [5.41, 5.74) is 0.878. The molecule has 1 atom stereocenters. The van der Waals surface area contributed by atoms with Crippen LogP contribution in [0.5, 0.6) is 5.75 Å². The largest absolute Gasteiger partial charge is 0.497 e. The van der Waals surface area contributed by atoms with Crippen LogP contribution in [0.15, 0.2) is 29.3 Å². The molecule has 6 heteroatoms. The van der Waals surface area contributed by atoms with E-state index in [-0.39, 0.29) is 0 Å². The lowest BCUT2D eigenvalue weighted by atomic mass is 9.91. The van der Waals surface area contributed by atoms with E-state index in [1.54, 1.807) is 7.11 Å². The second-order valence-corrected chi connectivity index (χ2v) is 7.13. The molecule has 4 rings (SSSR count). The summed E-state index contributed by atoms with van der Waals surface area (Å²) in [6, 6.07) is 8.45. The number of nitrogens with zero attached hydrogens (tertiary/aromatic N) is 4. The van der Waals surface area contributed by atoms with Gasteiger partial charge in [0.1, 0.15) is 5.75 Å². The first kappa shape index (κ1) is 16.7. The lowest BCUT2D eigenvalue weighted by molar-refractivity contribution is 0.0401. The molecule has 25 heavy (non-hydrogen) atoms. The number of rotatable bonds is 4. The maximum atomic E-state index is 10.8. The quantitative estimate of drug-likeness (QED) is 0.898. The first-order valence-corrected chi connectivity index (χ1v) is 9.38. The molecule has 2 heterocycles. The minimum Gasteiger partial charge on any atom is -0.497 e. The lowest BCUT2D eigenvalue weighted by Gasteiger charge is -2.44. The number of aliphatic hydroxyl groups excluding tert-OH is 1. The predicted octanol–water partition coefficient (Wildman–Crippen LogP) is 1.53. The Bertz CT molecular complexity index is 606. The second-order valence-electron chi connectivity index (χ2n) is 7.13. The van der Waals surface area contributed by atoms with Gasteiger partial charge >= 0.3 is 0 Å². The minimum atomic E-state index is -0.656. The van der Waals surface area contributed by atoms with Gasteiger partial charge in [0.05, 0.1) is 13.7 Å². The van der Waals surface area contributed by atoms with Crippen molar-refractivity contribution in [3.05, 3.63) is 29.8 Å². The van der Waals surface area contributed by atoms with Gasteiger partial charge in [-0.1, -0.05) is 18.6 Å². The van der Waals surface area contributed by atoms with Crippen molar-refractivity contribution in [2.45, 2.75) is 31.5 Å². The van der Waals surface area contributed by atoms with Crippen LogP contribution in [0.4, 0.5) is 0 Å². The van der Waals surface area contributed by atoms with Crippen LogP contribution < -0.4 is 4.74 Å². The summed E-state index contributed by atoms with van der Waals surface area (Å²) in [6.07, 6.45) is 3.46. The fourth-order valence-corrected chi connectivity index (χ4v) is 3.96. The third kappa shape index (κ3) is 3.33. The van der Waals surface area contributed by atoms with Gasteiger partial charge in [0.2, 0.25) is 0 Å². The molecule has 6 nitrogen and oxygen atoms in total. The smallest absolute Gasteiger partial charge is 0.199 e. The zero-order chi connectivity index (χ0) is 17.2. The number of hydrogen-bond acceptors (Lipinski definition) is 6. The molecular formula is C19H28N4O2. The highest BCUT2D eigenvalue weighted by Crippen LogP contribution is 2.27. The van der Waals surface area contributed by atoms with Crippen LogP contribution in [0, 0.1) is 0 Å². The van der Waals surface area contributed by atoms with Crippen LogP contribution in [0.25, 0.3) is 0 Å². The van der Waals surface area contributed by atoms with Gasteiger partial charge in [0.25, 0.3) is 0 Å². The van der Waals surface area contributed by atoms with Crippen molar-refractivity contribution in [2.75, 3.05) is 46.4 Å². The predicted molar refractivity (Wildman–Crippen MR) is 97.7 cm³/mol. The molecule has 1 aliphatic carbocycles. The van der Waals surface area contributed by atoms with Crippen molar-refractivity contribution >= 4 is 5.96 Å². The van der Waals surface area contributed by atoms with Crippen molar-refractivity contribution in [1.29, 1.82) is 0 Å². The van der Waals surface area contributed by atoms with Crippen LogP contribution in [0.1, 0.15) is 31.1 Å². The average Bonchev–Trinajstić information content (AvgIpc) is 3.10. The molecule has 0 aromatic heterocycles. The van der Waals surface area contributed by atoms with Crippen LogP contribution in [-0.2, 0) is 0 Å². The number of aliphatic imine (C=N–C) groups is 1. The Morgan fingerprint density at radius 3 is 2.40 bits per heavy atom. The first-order chi connectivity index (χ1) is 12.3. The molecule has 2 aliphatic heterocycles. The highest BCUT2D eigenvalue weighted by molar-refractivity contribution is 5.82. The molecule has 0 spiro atoms. The molecule has 3 aliphatic rings. The Morgan fingerprint density at radius 2 is 1.80 bits per heavy atom. The van der Waals surface area contributed by atoms with E-state index in [0.717, 1.165) is 62.6 Å². The topological polar surface area (TPSA) is 51.5 Å². The minimum absolute atomic E-state index is 0.656. The van der Waals surface area contributed by atoms with E-state index in [2.05, 4.69) is 9.80 Å². The molecule has 0 amide bonds. The normalized spacial score (nSPS) is 23.4. The zero-order valence-corrected chi connectivity index (χ0v) is 15.0. The highest BCUT2D eigenvalue weighted by atomic mass is 16.5. The van der Waals surface area contributed by atoms with Crippen molar-refractivity contribution in [2.24, 2.45) is 4.99 Å². The third-order valence-corrected chi connectivity index (χ3v) is 5.75. The summed E-state index contributed by atoms with van der Waals surface area (Å²) < 4.78 is 5.20. The van der Waals surface area contributed by atoms with E-state index in [1.165, 1.54) is 19.3 Å². The summed E-state index contributed by atoms with van der Waals surface area (Å²) in [5.74, 6) is 1.76. The number of ether oxygens (including phenoxy) is 1. The van der Waals surface area contributed by atoms with E-state index in [9.17, 15) is 5.11 Å². The fraction of sp³-hybridized carbons (Fsp3) is 0.632. The molecule has 2 fully saturated rings. The Balaban J connectivity index is 1.39. The van der Waals surface area contributed by atoms with Crippen molar-refractivity contribution in [1.82, 2.24) is 14.7 Å². The van der Waals surface area contributed by atoms with Gasteiger partial charge in [-0.25, -0.2) is 0 Å². The maximum absolute atomic E-state index is 10.8. The molecule has 136 valence electrons. The summed E-state index contributed by atoms with van der Waals surface area (Å²) in [6.45, 7) is 5.74. The van der Waals surface area contributed by atoms with Gasteiger partial charge in [-0.2, -0.15) is 0 Å². The molecular weight excluding hydrogens is 316 g/mol. The number of methoxy groups -OCH3 is 1. The van der Waals surface area contributed by atoms with E-state index in [0.29, 0.717) is 0 Å². The number of aliphatic hydroxyl groups is 1. The Hall–Kier alpha value is -1.79. The number of guanidine groups is 1. The summed E-state index contributed by atoms with van der Waals surface area (Å²) in [7, 11) is 1.65. The van der Waals surface area contributed by atoms with Crippen LogP contribution in [0.3, 0.4) is 0 Å². The molecule has 1 aromatic carbocycles. The Kier molecular flexibility index (Phi) is 4.81. The van der Waals surface area contributed by atoms with Crippen molar-refractivity contribution < 1.29 is 9.84 Å². The maximum Gasteiger partial charge on any atom is 0.199 e. The molecule has 1 saturated heterocycles. The first-order valence-electron chi connectivity index (χ1n) is 9.38.